The standard InChI is InChI=1S/C12H15N3O/c1-9-11(8-15(2)14-9)12(16)7-10-3-5-13-6-4-10/h3-6,8,12,16H,7H2,1-2H3. The molecule has 2 rings (SSSR count). The molecule has 2 aromatic heterocycles. The zero-order valence-electron chi connectivity index (χ0n) is 9.46. The van der Waals surface area contributed by atoms with E-state index >= 15 is 0 Å². The van der Waals surface area contributed by atoms with Gasteiger partial charge in [0.15, 0.2) is 0 Å². The SMILES string of the molecule is Cc1nn(C)cc1C(O)Cc1ccncc1. The van der Waals surface area contributed by atoms with Gasteiger partial charge < -0.3 is 5.11 Å². The van der Waals surface area contributed by atoms with Crippen LogP contribution in [0.25, 0.3) is 0 Å². The highest BCUT2D eigenvalue weighted by Gasteiger charge is 2.13. The molecule has 1 atom stereocenters. The van der Waals surface area contributed by atoms with Gasteiger partial charge in [-0.2, -0.15) is 5.10 Å². The second kappa shape index (κ2) is 4.45. The summed E-state index contributed by atoms with van der Waals surface area (Å²) in [6.45, 7) is 1.91. The topological polar surface area (TPSA) is 50.9 Å². The van der Waals surface area contributed by atoms with Crippen molar-refractivity contribution < 1.29 is 5.11 Å². The largest absolute Gasteiger partial charge is 0.388 e. The van der Waals surface area contributed by atoms with Gasteiger partial charge in [0.1, 0.15) is 0 Å². The molecule has 0 fully saturated rings. The third-order valence-electron chi connectivity index (χ3n) is 2.59. The number of aliphatic hydroxyl groups is 1. The van der Waals surface area contributed by atoms with Crippen molar-refractivity contribution in [1.82, 2.24) is 14.8 Å². The lowest BCUT2D eigenvalue weighted by Crippen LogP contribution is -2.02. The molecule has 4 heteroatoms. The quantitative estimate of drug-likeness (QED) is 0.845. The highest BCUT2D eigenvalue weighted by atomic mass is 16.3. The molecule has 0 aliphatic heterocycles. The van der Waals surface area contributed by atoms with E-state index in [4.69, 9.17) is 0 Å². The number of aryl methyl sites for hydroxylation is 2. The predicted molar refractivity (Wildman–Crippen MR) is 60.8 cm³/mol. The number of hydrogen-bond acceptors (Lipinski definition) is 3. The highest BCUT2D eigenvalue weighted by molar-refractivity contribution is 5.21. The fourth-order valence-corrected chi connectivity index (χ4v) is 1.80. The van der Waals surface area contributed by atoms with Crippen molar-refractivity contribution in [2.45, 2.75) is 19.4 Å². The van der Waals surface area contributed by atoms with Crippen molar-refractivity contribution in [3.05, 3.63) is 47.5 Å². The zero-order valence-corrected chi connectivity index (χ0v) is 9.46. The van der Waals surface area contributed by atoms with E-state index in [1.807, 2.05) is 32.3 Å². The van der Waals surface area contributed by atoms with Crippen molar-refractivity contribution >= 4 is 0 Å². The van der Waals surface area contributed by atoms with Gasteiger partial charge in [-0.05, 0) is 24.6 Å². The average Bonchev–Trinajstić information content (AvgIpc) is 2.59. The van der Waals surface area contributed by atoms with Gasteiger partial charge >= 0.3 is 0 Å². The van der Waals surface area contributed by atoms with E-state index < -0.39 is 6.10 Å². The number of aliphatic hydroxyl groups excluding tert-OH is 1. The Hall–Kier alpha value is -1.68. The first-order valence-corrected chi connectivity index (χ1v) is 5.24. The summed E-state index contributed by atoms with van der Waals surface area (Å²) < 4.78 is 1.72. The number of hydrogen-bond donors (Lipinski definition) is 1. The lowest BCUT2D eigenvalue weighted by Gasteiger charge is -2.09. The van der Waals surface area contributed by atoms with Gasteiger partial charge in [-0.15, -0.1) is 0 Å². The first kappa shape index (κ1) is 10.8. The molecule has 2 heterocycles. The van der Waals surface area contributed by atoms with Gasteiger partial charge in [0.2, 0.25) is 0 Å². The van der Waals surface area contributed by atoms with Crippen LogP contribution in [0, 0.1) is 6.92 Å². The summed E-state index contributed by atoms with van der Waals surface area (Å²) in [4.78, 5) is 3.95. The molecule has 0 saturated heterocycles. The Kier molecular flexibility index (Phi) is 3.01. The molecule has 2 aromatic rings. The molecule has 0 aliphatic rings. The second-order valence-corrected chi connectivity index (χ2v) is 3.92. The van der Waals surface area contributed by atoms with Crippen molar-refractivity contribution in [3.8, 4) is 0 Å². The maximum absolute atomic E-state index is 10.1. The molecule has 0 spiro atoms. The van der Waals surface area contributed by atoms with Crippen LogP contribution in [0.3, 0.4) is 0 Å². The van der Waals surface area contributed by atoms with Crippen molar-refractivity contribution in [2.75, 3.05) is 0 Å². The van der Waals surface area contributed by atoms with Gasteiger partial charge in [-0.1, -0.05) is 0 Å². The fourth-order valence-electron chi connectivity index (χ4n) is 1.80. The Balaban J connectivity index is 2.14. The lowest BCUT2D eigenvalue weighted by atomic mass is 10.0. The monoisotopic (exact) mass is 217 g/mol. The third kappa shape index (κ3) is 2.28. The minimum absolute atomic E-state index is 0.504. The summed E-state index contributed by atoms with van der Waals surface area (Å²) in [6.07, 6.45) is 5.42. The van der Waals surface area contributed by atoms with Crippen molar-refractivity contribution in [3.63, 3.8) is 0 Å². The van der Waals surface area contributed by atoms with Crippen LogP contribution in [0.1, 0.15) is 22.9 Å². The second-order valence-electron chi connectivity index (χ2n) is 3.92. The van der Waals surface area contributed by atoms with E-state index in [0.717, 1.165) is 16.8 Å². The van der Waals surface area contributed by atoms with Crippen LogP contribution >= 0.6 is 0 Å². The fraction of sp³-hybridized carbons (Fsp3) is 0.333. The molecule has 0 aliphatic carbocycles. The van der Waals surface area contributed by atoms with Crippen LogP contribution in [0.5, 0.6) is 0 Å². The summed E-state index contributed by atoms with van der Waals surface area (Å²) in [5.74, 6) is 0. The molecular weight excluding hydrogens is 202 g/mol. The Labute approximate surface area is 94.6 Å². The molecule has 0 amide bonds. The van der Waals surface area contributed by atoms with Gasteiger partial charge in [0, 0.05) is 37.6 Å². The van der Waals surface area contributed by atoms with Crippen molar-refractivity contribution in [2.24, 2.45) is 7.05 Å². The summed E-state index contributed by atoms with van der Waals surface area (Å²) in [5, 5.41) is 14.3. The van der Waals surface area contributed by atoms with Gasteiger partial charge in [-0.25, -0.2) is 0 Å². The van der Waals surface area contributed by atoms with Crippen LogP contribution in [-0.2, 0) is 13.5 Å². The molecule has 16 heavy (non-hydrogen) atoms. The molecule has 4 nitrogen and oxygen atoms in total. The Morgan fingerprint density at radius 3 is 2.62 bits per heavy atom. The van der Waals surface area contributed by atoms with Crippen LogP contribution in [0.2, 0.25) is 0 Å². The van der Waals surface area contributed by atoms with E-state index in [1.165, 1.54) is 0 Å². The first-order valence-electron chi connectivity index (χ1n) is 5.24. The summed E-state index contributed by atoms with van der Waals surface area (Å²) in [6, 6.07) is 3.82. The lowest BCUT2D eigenvalue weighted by molar-refractivity contribution is 0.177. The van der Waals surface area contributed by atoms with Crippen LogP contribution in [-0.4, -0.2) is 19.9 Å². The number of nitrogens with zero attached hydrogens (tertiary/aromatic N) is 3. The molecule has 1 N–H and O–H groups in total. The van der Waals surface area contributed by atoms with E-state index in [2.05, 4.69) is 10.1 Å². The predicted octanol–water partition coefficient (Wildman–Crippen LogP) is 1.40. The minimum atomic E-state index is -0.504. The zero-order chi connectivity index (χ0) is 11.5. The third-order valence-corrected chi connectivity index (χ3v) is 2.59. The van der Waals surface area contributed by atoms with E-state index in [-0.39, 0.29) is 0 Å². The van der Waals surface area contributed by atoms with Gasteiger partial charge in [-0.3, -0.25) is 9.67 Å². The van der Waals surface area contributed by atoms with Crippen LogP contribution in [0.15, 0.2) is 30.7 Å². The summed E-state index contributed by atoms with van der Waals surface area (Å²) in [5.41, 5.74) is 2.84. The van der Waals surface area contributed by atoms with Crippen molar-refractivity contribution in [1.29, 1.82) is 0 Å². The normalized spacial score (nSPS) is 12.7. The Morgan fingerprint density at radius 1 is 1.38 bits per heavy atom. The Morgan fingerprint density at radius 2 is 2.06 bits per heavy atom. The van der Waals surface area contributed by atoms with Gasteiger partial charge in [0.25, 0.3) is 0 Å². The van der Waals surface area contributed by atoms with E-state index in [0.29, 0.717) is 6.42 Å². The Bertz CT molecular complexity index is 464. The maximum atomic E-state index is 10.1. The first-order chi connectivity index (χ1) is 7.66. The molecule has 0 aromatic carbocycles. The summed E-state index contributed by atoms with van der Waals surface area (Å²) >= 11 is 0. The molecule has 1 unspecified atom stereocenters. The maximum Gasteiger partial charge on any atom is 0.0863 e. The van der Waals surface area contributed by atoms with Crippen LogP contribution < -0.4 is 0 Å². The molecule has 0 bridgehead atoms. The van der Waals surface area contributed by atoms with E-state index in [1.54, 1.807) is 17.1 Å². The van der Waals surface area contributed by atoms with Crippen LogP contribution in [0.4, 0.5) is 0 Å². The smallest absolute Gasteiger partial charge is 0.0863 e. The average molecular weight is 217 g/mol. The summed E-state index contributed by atoms with van der Waals surface area (Å²) in [7, 11) is 1.86. The minimum Gasteiger partial charge on any atom is -0.388 e. The molecule has 0 saturated carbocycles. The molecular formula is C12H15N3O. The van der Waals surface area contributed by atoms with E-state index in [9.17, 15) is 5.11 Å². The number of rotatable bonds is 3. The number of aromatic nitrogens is 3. The molecule has 84 valence electrons. The molecule has 0 radical (unpaired) electrons. The number of pyridine rings is 1. The van der Waals surface area contributed by atoms with Gasteiger partial charge in [0.05, 0.1) is 11.8 Å². The highest BCUT2D eigenvalue weighted by Crippen LogP contribution is 2.20.